The molecule has 0 aliphatic heterocycles. The van der Waals surface area contributed by atoms with Crippen LogP contribution in [0.1, 0.15) is 0 Å². The molecule has 0 spiro atoms. The fourth-order valence-corrected chi connectivity index (χ4v) is 5.08. The van der Waals surface area contributed by atoms with Crippen LogP contribution in [0.4, 0.5) is 0 Å². The first-order chi connectivity index (χ1) is 18.8. The van der Waals surface area contributed by atoms with Gasteiger partial charge in [0.05, 0.1) is 22.4 Å². The van der Waals surface area contributed by atoms with Crippen LogP contribution < -0.4 is 0 Å². The molecule has 0 aliphatic rings. The van der Waals surface area contributed by atoms with E-state index >= 15 is 0 Å². The maximum atomic E-state index is 5.05. The van der Waals surface area contributed by atoms with Crippen molar-refractivity contribution in [2.75, 3.05) is 0 Å². The van der Waals surface area contributed by atoms with Crippen LogP contribution in [-0.4, -0.2) is 9.97 Å². The minimum absolute atomic E-state index is 0.973. The Morgan fingerprint density at radius 1 is 0.342 bits per heavy atom. The van der Waals surface area contributed by atoms with Gasteiger partial charge in [0.15, 0.2) is 0 Å². The highest BCUT2D eigenvalue weighted by Crippen LogP contribution is 2.35. The van der Waals surface area contributed by atoms with Crippen molar-refractivity contribution in [3.05, 3.63) is 146 Å². The van der Waals surface area contributed by atoms with Crippen molar-refractivity contribution in [2.45, 2.75) is 0 Å². The minimum Gasteiger partial charge on any atom is -0.248 e. The molecule has 7 aromatic rings. The van der Waals surface area contributed by atoms with Gasteiger partial charge in [-0.2, -0.15) is 0 Å². The molecule has 0 N–H and O–H groups in total. The van der Waals surface area contributed by atoms with Gasteiger partial charge in [0, 0.05) is 21.9 Å². The summed E-state index contributed by atoms with van der Waals surface area (Å²) >= 11 is 0. The second-order valence-corrected chi connectivity index (χ2v) is 9.49. The normalized spacial score (nSPS) is 11.2. The number of para-hydroxylation sites is 1. The van der Waals surface area contributed by atoms with Crippen LogP contribution in [-0.2, 0) is 0 Å². The standard InChI is InChI=1S/C36H24N2/c1-3-9-25(10-4-1)30-20-22-35-32(23-30)31(24-36(38-35)27-11-5-2-6-12-27)26-15-17-29(18-16-26)34-21-19-28-13-7-8-14-33(28)37-34/h1-24H. The fraction of sp³-hybridized carbons (Fsp3) is 0. The predicted octanol–water partition coefficient (Wildman–Crippen LogP) is 9.45. The molecule has 178 valence electrons. The minimum atomic E-state index is 0.973. The second-order valence-electron chi connectivity index (χ2n) is 9.49. The summed E-state index contributed by atoms with van der Waals surface area (Å²) in [5, 5.41) is 2.29. The Kier molecular flexibility index (Phi) is 5.49. The first-order valence-corrected chi connectivity index (χ1v) is 12.8. The highest BCUT2D eigenvalue weighted by atomic mass is 14.7. The van der Waals surface area contributed by atoms with E-state index in [1.54, 1.807) is 0 Å². The number of hydrogen-bond donors (Lipinski definition) is 0. The molecule has 0 amide bonds. The number of pyridine rings is 2. The van der Waals surface area contributed by atoms with Crippen molar-refractivity contribution in [1.82, 2.24) is 9.97 Å². The van der Waals surface area contributed by atoms with Crippen LogP contribution in [0.2, 0.25) is 0 Å². The summed E-state index contributed by atoms with van der Waals surface area (Å²) in [6.07, 6.45) is 0. The Morgan fingerprint density at radius 2 is 0.947 bits per heavy atom. The number of nitrogens with zero attached hydrogens (tertiary/aromatic N) is 2. The van der Waals surface area contributed by atoms with E-state index in [1.165, 1.54) is 16.7 Å². The third-order valence-corrected chi connectivity index (χ3v) is 7.08. The van der Waals surface area contributed by atoms with E-state index in [9.17, 15) is 0 Å². The van der Waals surface area contributed by atoms with Crippen LogP contribution in [0.3, 0.4) is 0 Å². The first kappa shape index (κ1) is 22.1. The molecule has 7 rings (SSSR count). The van der Waals surface area contributed by atoms with Crippen molar-refractivity contribution in [1.29, 1.82) is 0 Å². The Morgan fingerprint density at radius 3 is 1.74 bits per heavy atom. The number of rotatable bonds is 4. The number of fused-ring (bicyclic) bond motifs is 2. The molecule has 2 aromatic heterocycles. The van der Waals surface area contributed by atoms with Crippen LogP contribution in [0.5, 0.6) is 0 Å². The van der Waals surface area contributed by atoms with Crippen LogP contribution >= 0.6 is 0 Å². The second kappa shape index (κ2) is 9.42. The van der Waals surface area contributed by atoms with Gasteiger partial charge >= 0.3 is 0 Å². The number of hydrogen-bond acceptors (Lipinski definition) is 2. The van der Waals surface area contributed by atoms with Gasteiger partial charge in [0.1, 0.15) is 0 Å². The molecular formula is C36H24N2. The van der Waals surface area contributed by atoms with Crippen molar-refractivity contribution >= 4 is 21.8 Å². The van der Waals surface area contributed by atoms with Crippen molar-refractivity contribution < 1.29 is 0 Å². The average molecular weight is 485 g/mol. The maximum Gasteiger partial charge on any atom is 0.0716 e. The van der Waals surface area contributed by atoms with E-state index in [2.05, 4.69) is 127 Å². The molecule has 0 bridgehead atoms. The van der Waals surface area contributed by atoms with E-state index in [0.29, 0.717) is 0 Å². The van der Waals surface area contributed by atoms with Gasteiger partial charge in [-0.15, -0.1) is 0 Å². The van der Waals surface area contributed by atoms with Crippen molar-refractivity contribution in [3.63, 3.8) is 0 Å². The quantitative estimate of drug-likeness (QED) is 0.249. The SMILES string of the molecule is c1ccc(-c2ccc3nc(-c4ccccc4)cc(-c4ccc(-c5ccc6ccccc6n5)cc4)c3c2)cc1. The molecule has 0 saturated carbocycles. The fourth-order valence-electron chi connectivity index (χ4n) is 5.08. The zero-order valence-corrected chi connectivity index (χ0v) is 20.8. The Labute approximate surface area is 221 Å². The summed E-state index contributed by atoms with van der Waals surface area (Å²) in [6, 6.07) is 50.9. The molecule has 0 aliphatic carbocycles. The van der Waals surface area contributed by atoms with Gasteiger partial charge in [0.25, 0.3) is 0 Å². The van der Waals surface area contributed by atoms with Gasteiger partial charge < -0.3 is 0 Å². The zero-order chi connectivity index (χ0) is 25.3. The molecule has 0 fully saturated rings. The molecule has 0 atom stereocenters. The lowest BCUT2D eigenvalue weighted by molar-refractivity contribution is 1.39. The van der Waals surface area contributed by atoms with Crippen molar-refractivity contribution in [3.8, 4) is 44.8 Å². The van der Waals surface area contributed by atoms with Gasteiger partial charge in [-0.1, -0.05) is 115 Å². The van der Waals surface area contributed by atoms with E-state index in [-0.39, 0.29) is 0 Å². The lowest BCUT2D eigenvalue weighted by Gasteiger charge is -2.13. The molecule has 2 heteroatoms. The Hall–Kier alpha value is -5.08. The summed E-state index contributed by atoms with van der Waals surface area (Å²) in [6.45, 7) is 0. The zero-order valence-electron chi connectivity index (χ0n) is 20.8. The van der Waals surface area contributed by atoms with Crippen LogP contribution in [0.15, 0.2) is 146 Å². The highest BCUT2D eigenvalue weighted by molar-refractivity contribution is 5.99. The molecule has 0 radical (unpaired) electrons. The number of aromatic nitrogens is 2. The monoisotopic (exact) mass is 484 g/mol. The summed E-state index contributed by atoms with van der Waals surface area (Å²) in [5.74, 6) is 0. The van der Waals surface area contributed by atoms with Crippen LogP contribution in [0.25, 0.3) is 66.6 Å². The highest BCUT2D eigenvalue weighted by Gasteiger charge is 2.12. The largest absolute Gasteiger partial charge is 0.248 e. The topological polar surface area (TPSA) is 25.8 Å². The summed E-state index contributed by atoms with van der Waals surface area (Å²) in [7, 11) is 0. The lowest BCUT2D eigenvalue weighted by atomic mass is 9.94. The third kappa shape index (κ3) is 4.12. The van der Waals surface area contributed by atoms with Gasteiger partial charge in [-0.25, -0.2) is 9.97 Å². The molecule has 0 saturated heterocycles. The molecule has 38 heavy (non-hydrogen) atoms. The first-order valence-electron chi connectivity index (χ1n) is 12.8. The molecule has 0 unspecified atom stereocenters. The van der Waals surface area contributed by atoms with Gasteiger partial charge in [-0.05, 0) is 52.6 Å². The predicted molar refractivity (Wildman–Crippen MR) is 159 cm³/mol. The summed E-state index contributed by atoms with van der Waals surface area (Å²) in [4.78, 5) is 9.94. The van der Waals surface area contributed by atoms with E-state index < -0.39 is 0 Å². The van der Waals surface area contributed by atoms with Gasteiger partial charge in [0.2, 0.25) is 0 Å². The lowest BCUT2D eigenvalue weighted by Crippen LogP contribution is -1.91. The average Bonchev–Trinajstić information content (AvgIpc) is 3.01. The van der Waals surface area contributed by atoms with Crippen molar-refractivity contribution in [2.24, 2.45) is 0 Å². The summed E-state index contributed by atoms with van der Waals surface area (Å²) < 4.78 is 0. The molecular weight excluding hydrogens is 460 g/mol. The Bertz CT molecular complexity index is 1890. The van der Waals surface area contributed by atoms with Gasteiger partial charge in [-0.3, -0.25) is 0 Å². The third-order valence-electron chi connectivity index (χ3n) is 7.08. The molecule has 2 nitrogen and oxygen atoms in total. The van der Waals surface area contributed by atoms with E-state index in [0.717, 1.165) is 49.9 Å². The van der Waals surface area contributed by atoms with Crippen LogP contribution in [0, 0.1) is 0 Å². The van der Waals surface area contributed by atoms with E-state index in [4.69, 9.17) is 9.97 Å². The smallest absolute Gasteiger partial charge is 0.0716 e. The summed E-state index contributed by atoms with van der Waals surface area (Å²) in [5.41, 5.74) is 10.9. The Balaban J connectivity index is 1.37. The van der Waals surface area contributed by atoms with E-state index in [1.807, 2.05) is 18.2 Å². The maximum absolute atomic E-state index is 5.05. The molecule has 5 aromatic carbocycles. The molecule has 2 heterocycles. The number of benzene rings is 5.